The molecule has 5 heteroatoms. The molecule has 1 aromatic rings. The number of aliphatic hydroxyl groups is 1. The molecular formula is C18H28N2O3. The van der Waals surface area contributed by atoms with E-state index in [9.17, 15) is 9.90 Å². The summed E-state index contributed by atoms with van der Waals surface area (Å²) in [6.45, 7) is 5.57. The number of nitrogens with one attached hydrogen (secondary N) is 2. The number of carbonyl (C=O) groups is 1. The van der Waals surface area contributed by atoms with E-state index in [0.717, 1.165) is 42.6 Å². The van der Waals surface area contributed by atoms with Crippen LogP contribution in [0.3, 0.4) is 0 Å². The largest absolute Gasteiger partial charge is 0.491 e. The number of para-hydroxylation sites is 1. The number of benzene rings is 1. The molecule has 0 aromatic heterocycles. The molecule has 0 saturated heterocycles. The minimum Gasteiger partial charge on any atom is -0.491 e. The molecule has 23 heavy (non-hydrogen) atoms. The van der Waals surface area contributed by atoms with Gasteiger partial charge < -0.3 is 20.5 Å². The van der Waals surface area contributed by atoms with Crippen molar-refractivity contribution < 1.29 is 14.6 Å². The minimum atomic E-state index is -0.204. The number of amides is 2. The SMILES string of the molecule is Cc1cccc(C)c1OCCNC(=O)NCC1CCCC(O)C1. The first-order valence-corrected chi connectivity index (χ1v) is 8.45. The van der Waals surface area contributed by atoms with Crippen molar-refractivity contribution in [2.75, 3.05) is 19.7 Å². The highest BCUT2D eigenvalue weighted by Crippen LogP contribution is 2.23. The molecule has 0 aliphatic heterocycles. The van der Waals surface area contributed by atoms with Gasteiger partial charge in [0.25, 0.3) is 0 Å². The van der Waals surface area contributed by atoms with Crippen molar-refractivity contribution in [3.63, 3.8) is 0 Å². The molecule has 2 rings (SSSR count). The number of urea groups is 1. The average Bonchev–Trinajstić information content (AvgIpc) is 2.52. The first-order chi connectivity index (χ1) is 11.1. The predicted molar refractivity (Wildman–Crippen MR) is 90.8 cm³/mol. The van der Waals surface area contributed by atoms with E-state index >= 15 is 0 Å². The third-order valence-corrected chi connectivity index (χ3v) is 4.35. The van der Waals surface area contributed by atoms with Crippen molar-refractivity contribution >= 4 is 6.03 Å². The molecule has 0 radical (unpaired) electrons. The Morgan fingerprint density at radius 1 is 1.26 bits per heavy atom. The van der Waals surface area contributed by atoms with Gasteiger partial charge in [0.05, 0.1) is 12.6 Å². The number of hydrogen-bond donors (Lipinski definition) is 3. The van der Waals surface area contributed by atoms with E-state index in [1.807, 2.05) is 32.0 Å². The fourth-order valence-corrected chi connectivity index (χ4v) is 3.09. The second-order valence-electron chi connectivity index (χ2n) is 6.39. The summed E-state index contributed by atoms with van der Waals surface area (Å²) < 4.78 is 5.75. The Labute approximate surface area is 138 Å². The summed E-state index contributed by atoms with van der Waals surface area (Å²) in [5, 5.41) is 15.3. The zero-order valence-electron chi connectivity index (χ0n) is 14.1. The summed E-state index contributed by atoms with van der Waals surface area (Å²) in [6.07, 6.45) is 3.59. The summed E-state index contributed by atoms with van der Waals surface area (Å²) in [7, 11) is 0. The van der Waals surface area contributed by atoms with Crippen LogP contribution in [0.5, 0.6) is 5.75 Å². The van der Waals surface area contributed by atoms with Crippen LogP contribution in [-0.4, -0.2) is 36.9 Å². The van der Waals surface area contributed by atoms with Crippen molar-refractivity contribution in [1.29, 1.82) is 0 Å². The maximum atomic E-state index is 11.8. The maximum absolute atomic E-state index is 11.8. The minimum absolute atomic E-state index is 0.171. The van der Waals surface area contributed by atoms with Gasteiger partial charge in [-0.2, -0.15) is 0 Å². The van der Waals surface area contributed by atoms with Crippen LogP contribution in [0.4, 0.5) is 4.79 Å². The van der Waals surface area contributed by atoms with Gasteiger partial charge in [-0.15, -0.1) is 0 Å². The molecule has 1 aliphatic carbocycles. The second kappa shape index (κ2) is 8.77. The van der Waals surface area contributed by atoms with Crippen LogP contribution in [-0.2, 0) is 0 Å². The molecular weight excluding hydrogens is 292 g/mol. The van der Waals surface area contributed by atoms with Gasteiger partial charge in [-0.3, -0.25) is 0 Å². The normalized spacial score (nSPS) is 20.8. The van der Waals surface area contributed by atoms with Crippen molar-refractivity contribution in [1.82, 2.24) is 10.6 Å². The molecule has 0 spiro atoms. The average molecular weight is 320 g/mol. The van der Waals surface area contributed by atoms with Crippen molar-refractivity contribution in [2.24, 2.45) is 5.92 Å². The van der Waals surface area contributed by atoms with Crippen molar-refractivity contribution in [3.8, 4) is 5.75 Å². The third kappa shape index (κ3) is 5.75. The van der Waals surface area contributed by atoms with Gasteiger partial charge in [-0.05, 0) is 50.2 Å². The van der Waals surface area contributed by atoms with E-state index in [0.29, 0.717) is 25.6 Å². The highest BCUT2D eigenvalue weighted by atomic mass is 16.5. The van der Waals surface area contributed by atoms with Crippen LogP contribution in [0.1, 0.15) is 36.8 Å². The lowest BCUT2D eigenvalue weighted by Gasteiger charge is -2.25. The molecule has 1 saturated carbocycles. The van der Waals surface area contributed by atoms with Gasteiger partial charge >= 0.3 is 6.03 Å². The Kier molecular flexibility index (Phi) is 6.71. The van der Waals surface area contributed by atoms with Crippen LogP contribution >= 0.6 is 0 Å². The Morgan fingerprint density at radius 2 is 2.00 bits per heavy atom. The number of carbonyl (C=O) groups excluding carboxylic acids is 1. The molecule has 1 fully saturated rings. The Balaban J connectivity index is 1.61. The van der Waals surface area contributed by atoms with Crippen LogP contribution in [0.2, 0.25) is 0 Å². The lowest BCUT2D eigenvalue weighted by atomic mass is 9.87. The van der Waals surface area contributed by atoms with E-state index in [1.54, 1.807) is 0 Å². The fourth-order valence-electron chi connectivity index (χ4n) is 3.09. The molecule has 1 aliphatic rings. The highest BCUT2D eigenvalue weighted by molar-refractivity contribution is 5.73. The Morgan fingerprint density at radius 3 is 2.70 bits per heavy atom. The first-order valence-electron chi connectivity index (χ1n) is 8.45. The standard InChI is InChI=1S/C18H28N2O3/c1-13-5-3-6-14(2)17(13)23-10-9-19-18(22)20-12-15-7-4-8-16(21)11-15/h3,5-6,15-16,21H,4,7-12H2,1-2H3,(H2,19,20,22). The number of rotatable bonds is 6. The summed E-state index contributed by atoms with van der Waals surface area (Å²) in [4.78, 5) is 11.8. The molecule has 2 amide bonds. The maximum Gasteiger partial charge on any atom is 0.314 e. The number of ether oxygens (including phenoxy) is 1. The van der Waals surface area contributed by atoms with E-state index in [-0.39, 0.29) is 12.1 Å². The summed E-state index contributed by atoms with van der Waals surface area (Å²) >= 11 is 0. The van der Waals surface area contributed by atoms with Crippen LogP contribution in [0, 0.1) is 19.8 Å². The summed E-state index contributed by atoms with van der Waals surface area (Å²) in [6, 6.07) is 5.86. The Bertz CT molecular complexity index is 499. The van der Waals surface area contributed by atoms with E-state index in [2.05, 4.69) is 10.6 Å². The van der Waals surface area contributed by atoms with Crippen molar-refractivity contribution in [3.05, 3.63) is 29.3 Å². The smallest absolute Gasteiger partial charge is 0.314 e. The van der Waals surface area contributed by atoms with Gasteiger partial charge in [-0.1, -0.05) is 24.6 Å². The summed E-state index contributed by atoms with van der Waals surface area (Å²) in [5.74, 6) is 1.28. The zero-order valence-corrected chi connectivity index (χ0v) is 14.1. The quantitative estimate of drug-likeness (QED) is 0.705. The summed E-state index contributed by atoms with van der Waals surface area (Å²) in [5.41, 5.74) is 2.20. The number of hydrogen-bond acceptors (Lipinski definition) is 3. The third-order valence-electron chi connectivity index (χ3n) is 4.35. The highest BCUT2D eigenvalue weighted by Gasteiger charge is 2.20. The van der Waals surface area contributed by atoms with Gasteiger partial charge in [0, 0.05) is 6.54 Å². The lowest BCUT2D eigenvalue weighted by molar-refractivity contribution is 0.101. The Hall–Kier alpha value is -1.75. The molecule has 2 unspecified atom stereocenters. The first kappa shape index (κ1) is 17.6. The molecule has 0 heterocycles. The molecule has 1 aromatic carbocycles. The fraction of sp³-hybridized carbons (Fsp3) is 0.611. The topological polar surface area (TPSA) is 70.6 Å². The van der Waals surface area contributed by atoms with Crippen LogP contribution < -0.4 is 15.4 Å². The van der Waals surface area contributed by atoms with Crippen LogP contribution in [0.25, 0.3) is 0 Å². The number of aryl methyl sites for hydroxylation is 2. The monoisotopic (exact) mass is 320 g/mol. The lowest BCUT2D eigenvalue weighted by Crippen LogP contribution is -2.41. The van der Waals surface area contributed by atoms with E-state index in [4.69, 9.17) is 4.74 Å². The second-order valence-corrected chi connectivity index (χ2v) is 6.39. The van der Waals surface area contributed by atoms with Crippen molar-refractivity contribution in [2.45, 2.75) is 45.6 Å². The number of aliphatic hydroxyl groups excluding tert-OH is 1. The van der Waals surface area contributed by atoms with Gasteiger partial charge in [-0.25, -0.2) is 4.79 Å². The van der Waals surface area contributed by atoms with E-state index in [1.165, 1.54) is 0 Å². The zero-order chi connectivity index (χ0) is 16.7. The molecule has 5 nitrogen and oxygen atoms in total. The molecule has 128 valence electrons. The van der Waals surface area contributed by atoms with Gasteiger partial charge in [0.15, 0.2) is 0 Å². The molecule has 3 N–H and O–H groups in total. The van der Waals surface area contributed by atoms with Gasteiger partial charge in [0.1, 0.15) is 12.4 Å². The predicted octanol–water partition coefficient (Wildman–Crippen LogP) is 2.53. The van der Waals surface area contributed by atoms with Gasteiger partial charge in [0.2, 0.25) is 0 Å². The van der Waals surface area contributed by atoms with Crippen LogP contribution in [0.15, 0.2) is 18.2 Å². The molecule has 2 atom stereocenters. The van der Waals surface area contributed by atoms with E-state index < -0.39 is 0 Å². The molecule has 0 bridgehead atoms.